The largest absolute Gasteiger partial charge is 0.428 e. The van der Waals surface area contributed by atoms with Crippen LogP contribution < -0.4 is 0 Å². The van der Waals surface area contributed by atoms with Gasteiger partial charge in [0, 0.05) is 0 Å². The molecule has 0 aliphatic rings. The van der Waals surface area contributed by atoms with Crippen molar-refractivity contribution in [3.8, 4) is 0 Å². The Morgan fingerprint density at radius 1 is 1.05 bits per heavy atom. The summed E-state index contributed by atoms with van der Waals surface area (Å²) in [4.78, 5) is 10.5. The first-order valence-corrected chi connectivity index (χ1v) is 10.7. The lowest BCUT2D eigenvalue weighted by molar-refractivity contribution is 0.562. The van der Waals surface area contributed by atoms with Crippen LogP contribution in [0.2, 0.25) is 13.1 Å². The van der Waals surface area contributed by atoms with Crippen molar-refractivity contribution in [2.75, 3.05) is 0 Å². The Bertz CT molecular complexity index is 319. The van der Waals surface area contributed by atoms with E-state index in [2.05, 4.69) is 32.1 Å². The highest BCUT2D eigenvalue weighted by Gasteiger charge is 2.23. The van der Waals surface area contributed by atoms with Gasteiger partial charge in [0.2, 0.25) is 8.32 Å². The SMILES string of the molecule is C\C=C/C(=C(/C=C/CCCC)CCCC)[Si](C)(C)O. The zero-order valence-corrected chi connectivity index (χ0v) is 14.5. The maximum atomic E-state index is 10.5. The van der Waals surface area contributed by atoms with E-state index in [0.29, 0.717) is 0 Å². The fraction of sp³-hybridized carbons (Fsp3) is 0.647. The zero-order valence-electron chi connectivity index (χ0n) is 13.5. The predicted molar refractivity (Wildman–Crippen MR) is 89.7 cm³/mol. The Balaban J connectivity index is 5.18. The van der Waals surface area contributed by atoms with E-state index in [0.717, 1.165) is 12.8 Å². The van der Waals surface area contributed by atoms with Crippen molar-refractivity contribution in [2.24, 2.45) is 0 Å². The van der Waals surface area contributed by atoms with Crippen molar-refractivity contribution in [1.29, 1.82) is 0 Å². The van der Waals surface area contributed by atoms with Crippen LogP contribution in [0.15, 0.2) is 35.1 Å². The first-order chi connectivity index (χ1) is 8.97. The van der Waals surface area contributed by atoms with E-state index < -0.39 is 8.32 Å². The summed E-state index contributed by atoms with van der Waals surface area (Å²) in [5.74, 6) is 0. The maximum absolute atomic E-state index is 10.5. The predicted octanol–water partition coefficient (Wildman–Crippen LogP) is 5.53. The highest BCUT2D eigenvalue weighted by molar-refractivity contribution is 6.78. The molecule has 0 spiro atoms. The molecular weight excluding hydrogens is 248 g/mol. The van der Waals surface area contributed by atoms with Gasteiger partial charge in [-0.1, -0.05) is 57.4 Å². The van der Waals surface area contributed by atoms with Gasteiger partial charge in [0.15, 0.2) is 0 Å². The van der Waals surface area contributed by atoms with Crippen molar-refractivity contribution in [1.82, 2.24) is 0 Å². The molecule has 0 fully saturated rings. The fourth-order valence-electron chi connectivity index (χ4n) is 2.09. The standard InChI is InChI=1S/C17H32OSi/c1-6-9-11-12-15-16(14-10-7-2)17(13-8-3)19(4,5)18/h8,12-13,15,18H,6-7,9-11,14H2,1-5H3/b13-8-,15-12+,17-16-. The lowest BCUT2D eigenvalue weighted by Crippen LogP contribution is -2.29. The van der Waals surface area contributed by atoms with E-state index in [1.807, 2.05) is 26.1 Å². The van der Waals surface area contributed by atoms with Crippen LogP contribution in [0, 0.1) is 0 Å². The normalized spacial score (nSPS) is 14.4. The fourth-order valence-corrected chi connectivity index (χ4v) is 3.66. The average molecular weight is 281 g/mol. The van der Waals surface area contributed by atoms with Gasteiger partial charge in [-0.05, 0) is 50.0 Å². The Morgan fingerprint density at radius 2 is 1.68 bits per heavy atom. The molecule has 0 saturated carbocycles. The minimum absolute atomic E-state index is 1.08. The summed E-state index contributed by atoms with van der Waals surface area (Å²) in [6, 6.07) is 0. The lowest BCUT2D eigenvalue weighted by Gasteiger charge is -2.20. The van der Waals surface area contributed by atoms with E-state index in [4.69, 9.17) is 0 Å². The molecule has 0 amide bonds. The van der Waals surface area contributed by atoms with Gasteiger partial charge in [-0.2, -0.15) is 0 Å². The Hall–Kier alpha value is -0.603. The van der Waals surface area contributed by atoms with Crippen LogP contribution in [0.3, 0.4) is 0 Å². The molecule has 0 aromatic carbocycles. The second-order valence-electron chi connectivity index (χ2n) is 5.65. The smallest absolute Gasteiger partial charge is 0.214 e. The summed E-state index contributed by atoms with van der Waals surface area (Å²) in [5, 5.41) is 1.19. The van der Waals surface area contributed by atoms with Crippen LogP contribution in [0.5, 0.6) is 0 Å². The molecule has 110 valence electrons. The highest BCUT2D eigenvalue weighted by Crippen LogP contribution is 2.23. The molecule has 0 bridgehead atoms. The van der Waals surface area contributed by atoms with Crippen LogP contribution in [0.4, 0.5) is 0 Å². The van der Waals surface area contributed by atoms with Gasteiger partial charge in [-0.3, -0.25) is 0 Å². The summed E-state index contributed by atoms with van der Waals surface area (Å²) in [6.07, 6.45) is 15.8. The van der Waals surface area contributed by atoms with E-state index >= 15 is 0 Å². The molecule has 0 saturated heterocycles. The number of hydrogen-bond acceptors (Lipinski definition) is 1. The van der Waals surface area contributed by atoms with Crippen LogP contribution in [0.25, 0.3) is 0 Å². The molecule has 0 rings (SSSR count). The summed E-state index contributed by atoms with van der Waals surface area (Å²) < 4.78 is 0. The van der Waals surface area contributed by atoms with E-state index in [1.165, 1.54) is 36.5 Å². The van der Waals surface area contributed by atoms with Gasteiger partial charge < -0.3 is 4.80 Å². The van der Waals surface area contributed by atoms with Gasteiger partial charge in [0.25, 0.3) is 0 Å². The minimum atomic E-state index is -2.25. The minimum Gasteiger partial charge on any atom is -0.428 e. The van der Waals surface area contributed by atoms with Crippen molar-refractivity contribution < 1.29 is 4.80 Å². The molecule has 0 unspecified atom stereocenters. The molecule has 0 aromatic rings. The molecule has 19 heavy (non-hydrogen) atoms. The average Bonchev–Trinajstić information content (AvgIpc) is 2.34. The number of rotatable bonds is 9. The third-order valence-corrected chi connectivity index (χ3v) is 4.99. The third kappa shape index (κ3) is 8.22. The Morgan fingerprint density at radius 3 is 2.16 bits per heavy atom. The number of unbranched alkanes of at least 4 members (excludes halogenated alkanes) is 3. The second kappa shape index (κ2) is 10.2. The van der Waals surface area contributed by atoms with E-state index in [1.54, 1.807) is 0 Å². The molecule has 0 atom stereocenters. The molecule has 0 aliphatic carbocycles. The summed E-state index contributed by atoms with van der Waals surface area (Å²) in [6.45, 7) is 10.5. The lowest BCUT2D eigenvalue weighted by atomic mass is 10.1. The van der Waals surface area contributed by atoms with Crippen LogP contribution in [-0.4, -0.2) is 13.1 Å². The molecule has 0 aromatic heterocycles. The van der Waals surface area contributed by atoms with E-state index in [9.17, 15) is 4.80 Å². The van der Waals surface area contributed by atoms with Crippen molar-refractivity contribution in [3.05, 3.63) is 35.1 Å². The van der Waals surface area contributed by atoms with Gasteiger partial charge in [0.05, 0.1) is 0 Å². The Kier molecular flexibility index (Phi) is 9.89. The Labute approximate surface area is 121 Å². The molecule has 0 aliphatic heterocycles. The van der Waals surface area contributed by atoms with E-state index in [-0.39, 0.29) is 0 Å². The summed E-state index contributed by atoms with van der Waals surface area (Å²) >= 11 is 0. The maximum Gasteiger partial charge on any atom is 0.214 e. The van der Waals surface area contributed by atoms with Gasteiger partial charge in [-0.25, -0.2) is 0 Å². The molecular formula is C17H32OSi. The molecule has 2 heteroatoms. The number of allylic oxidation sites excluding steroid dienone is 6. The first-order valence-electron chi connectivity index (χ1n) is 7.72. The van der Waals surface area contributed by atoms with Crippen molar-refractivity contribution in [2.45, 2.75) is 72.4 Å². The highest BCUT2D eigenvalue weighted by atomic mass is 28.4. The first kappa shape index (κ1) is 18.4. The topological polar surface area (TPSA) is 20.2 Å². The number of hydrogen-bond donors (Lipinski definition) is 1. The monoisotopic (exact) mass is 280 g/mol. The quantitative estimate of drug-likeness (QED) is 0.334. The molecule has 0 heterocycles. The van der Waals surface area contributed by atoms with Gasteiger partial charge >= 0.3 is 0 Å². The molecule has 1 nitrogen and oxygen atoms in total. The second-order valence-corrected chi connectivity index (χ2v) is 9.30. The van der Waals surface area contributed by atoms with Crippen molar-refractivity contribution in [3.63, 3.8) is 0 Å². The summed E-state index contributed by atoms with van der Waals surface area (Å²) in [5.41, 5.74) is 1.34. The summed E-state index contributed by atoms with van der Waals surface area (Å²) in [7, 11) is -2.25. The zero-order chi connectivity index (χ0) is 14.7. The van der Waals surface area contributed by atoms with Crippen molar-refractivity contribution >= 4 is 8.32 Å². The molecule has 0 radical (unpaired) electrons. The van der Waals surface area contributed by atoms with Gasteiger partial charge in [0.1, 0.15) is 0 Å². The van der Waals surface area contributed by atoms with Gasteiger partial charge in [-0.15, -0.1) is 0 Å². The third-order valence-electron chi connectivity index (χ3n) is 3.18. The molecule has 1 N–H and O–H groups in total. The van der Waals surface area contributed by atoms with Crippen LogP contribution in [-0.2, 0) is 0 Å². The van der Waals surface area contributed by atoms with Crippen LogP contribution in [0.1, 0.15) is 59.3 Å². The van der Waals surface area contributed by atoms with Crippen LogP contribution >= 0.6 is 0 Å².